The monoisotopic (exact) mass is 253 g/mol. The maximum absolute atomic E-state index is 5.45. The quantitative estimate of drug-likeness (QED) is 0.591. The number of furan rings is 1. The zero-order valence-corrected chi connectivity index (χ0v) is 11.4. The first-order chi connectivity index (χ1) is 9.36. The number of nitrogens with zero attached hydrogens (tertiary/aromatic N) is 1. The number of rotatable bonds is 5. The Morgan fingerprint density at radius 1 is 1.05 bits per heavy atom. The Bertz CT molecular complexity index is 684. The highest BCUT2D eigenvalue weighted by molar-refractivity contribution is 5.93. The van der Waals surface area contributed by atoms with Crippen molar-refractivity contribution in [3.63, 3.8) is 0 Å². The molecule has 0 bridgehead atoms. The van der Waals surface area contributed by atoms with Gasteiger partial charge in [0.05, 0.1) is 11.8 Å². The number of aromatic nitrogens is 1. The Morgan fingerprint density at radius 3 is 2.89 bits per heavy atom. The van der Waals surface area contributed by atoms with E-state index in [2.05, 4.69) is 30.1 Å². The summed E-state index contributed by atoms with van der Waals surface area (Å²) >= 11 is 0. The highest BCUT2D eigenvalue weighted by Gasteiger charge is 2.03. The van der Waals surface area contributed by atoms with Crippen LogP contribution in [-0.4, -0.2) is 4.98 Å². The molecule has 0 unspecified atom stereocenters. The van der Waals surface area contributed by atoms with Crippen molar-refractivity contribution in [2.24, 2.45) is 0 Å². The summed E-state index contributed by atoms with van der Waals surface area (Å²) in [5, 5.41) is 2.30. The van der Waals surface area contributed by atoms with Crippen molar-refractivity contribution in [2.45, 2.75) is 39.0 Å². The Labute approximate surface area is 113 Å². The zero-order valence-electron chi connectivity index (χ0n) is 11.4. The van der Waals surface area contributed by atoms with Crippen LogP contribution in [-0.2, 0) is 6.42 Å². The van der Waals surface area contributed by atoms with Gasteiger partial charge in [0.15, 0.2) is 0 Å². The summed E-state index contributed by atoms with van der Waals surface area (Å²) in [5.41, 5.74) is 3.32. The third-order valence-corrected chi connectivity index (χ3v) is 3.63. The standard InChI is InChI=1S/C17H19NO/c1-2-3-4-5-6-13-9-15-11-17-14(7-8-19-17)10-16(15)18-12-13/h7-12H,2-6H2,1H3. The second-order valence-corrected chi connectivity index (χ2v) is 5.16. The normalized spacial score (nSPS) is 11.4. The second kappa shape index (κ2) is 5.43. The molecule has 2 heteroatoms. The van der Waals surface area contributed by atoms with E-state index in [0.29, 0.717) is 0 Å². The molecule has 2 heterocycles. The van der Waals surface area contributed by atoms with Crippen LogP contribution in [0.2, 0.25) is 0 Å². The van der Waals surface area contributed by atoms with Gasteiger partial charge >= 0.3 is 0 Å². The lowest BCUT2D eigenvalue weighted by molar-refractivity contribution is 0.616. The van der Waals surface area contributed by atoms with Gasteiger partial charge in [0.25, 0.3) is 0 Å². The minimum Gasteiger partial charge on any atom is -0.464 e. The summed E-state index contributed by atoms with van der Waals surface area (Å²) in [6.45, 7) is 2.24. The van der Waals surface area contributed by atoms with Crippen LogP contribution in [0.15, 0.2) is 41.1 Å². The second-order valence-electron chi connectivity index (χ2n) is 5.16. The fourth-order valence-electron chi connectivity index (χ4n) is 2.52. The van der Waals surface area contributed by atoms with Gasteiger partial charge in [-0.2, -0.15) is 0 Å². The molecule has 2 aromatic heterocycles. The number of unbranched alkanes of at least 4 members (excludes halogenated alkanes) is 3. The number of hydrogen-bond acceptors (Lipinski definition) is 2. The fourth-order valence-corrected chi connectivity index (χ4v) is 2.52. The van der Waals surface area contributed by atoms with Crippen molar-refractivity contribution < 1.29 is 4.42 Å². The van der Waals surface area contributed by atoms with E-state index in [4.69, 9.17) is 4.42 Å². The summed E-state index contributed by atoms with van der Waals surface area (Å²) in [7, 11) is 0. The van der Waals surface area contributed by atoms with Crippen molar-refractivity contribution in [2.75, 3.05) is 0 Å². The molecule has 0 saturated heterocycles. The molecule has 19 heavy (non-hydrogen) atoms. The Morgan fingerprint density at radius 2 is 2.00 bits per heavy atom. The van der Waals surface area contributed by atoms with E-state index in [1.165, 1.54) is 36.6 Å². The molecule has 0 aliphatic carbocycles. The number of aryl methyl sites for hydroxylation is 1. The minimum absolute atomic E-state index is 0.942. The smallest absolute Gasteiger partial charge is 0.134 e. The maximum atomic E-state index is 5.45. The Balaban J connectivity index is 1.85. The third-order valence-electron chi connectivity index (χ3n) is 3.63. The SMILES string of the molecule is CCCCCCc1cnc2cc3ccoc3cc2c1. The van der Waals surface area contributed by atoms with Gasteiger partial charge in [0.1, 0.15) is 5.58 Å². The van der Waals surface area contributed by atoms with Crippen LogP contribution in [0.1, 0.15) is 38.2 Å². The number of benzene rings is 1. The molecule has 0 amide bonds. The number of pyridine rings is 1. The molecule has 0 N–H and O–H groups in total. The van der Waals surface area contributed by atoms with Crippen molar-refractivity contribution >= 4 is 21.9 Å². The lowest BCUT2D eigenvalue weighted by Crippen LogP contribution is -1.88. The first-order valence-corrected chi connectivity index (χ1v) is 7.13. The summed E-state index contributed by atoms with van der Waals surface area (Å²) in [6.07, 6.45) is 10.0. The molecule has 3 aromatic rings. The molecule has 0 radical (unpaired) electrons. The van der Waals surface area contributed by atoms with E-state index in [-0.39, 0.29) is 0 Å². The molecule has 0 fully saturated rings. The van der Waals surface area contributed by atoms with Gasteiger partial charge in [-0.25, -0.2) is 0 Å². The summed E-state index contributed by atoms with van der Waals surface area (Å²) in [4.78, 5) is 4.57. The summed E-state index contributed by atoms with van der Waals surface area (Å²) < 4.78 is 5.45. The van der Waals surface area contributed by atoms with Crippen LogP contribution in [0.4, 0.5) is 0 Å². The van der Waals surface area contributed by atoms with Crippen molar-refractivity contribution in [3.8, 4) is 0 Å². The molecule has 0 saturated carbocycles. The van der Waals surface area contributed by atoms with Gasteiger partial charge in [0, 0.05) is 17.0 Å². The predicted octanol–water partition coefficient (Wildman–Crippen LogP) is 5.10. The van der Waals surface area contributed by atoms with E-state index in [0.717, 1.165) is 22.9 Å². The molecule has 0 atom stereocenters. The summed E-state index contributed by atoms with van der Waals surface area (Å²) in [6, 6.07) is 8.41. The van der Waals surface area contributed by atoms with Gasteiger partial charge in [-0.05, 0) is 42.7 Å². The van der Waals surface area contributed by atoms with Gasteiger partial charge in [-0.1, -0.05) is 26.2 Å². The van der Waals surface area contributed by atoms with E-state index in [1.807, 2.05) is 12.3 Å². The largest absolute Gasteiger partial charge is 0.464 e. The van der Waals surface area contributed by atoms with Crippen LogP contribution in [0, 0.1) is 0 Å². The minimum atomic E-state index is 0.942. The zero-order chi connectivity index (χ0) is 13.1. The van der Waals surface area contributed by atoms with E-state index < -0.39 is 0 Å². The van der Waals surface area contributed by atoms with E-state index in [9.17, 15) is 0 Å². The predicted molar refractivity (Wildman–Crippen MR) is 79.4 cm³/mol. The molecule has 98 valence electrons. The molecule has 0 spiro atoms. The van der Waals surface area contributed by atoms with Crippen LogP contribution in [0.25, 0.3) is 21.9 Å². The first kappa shape index (κ1) is 12.2. The lowest BCUT2D eigenvalue weighted by atomic mass is 10.1. The molecular weight excluding hydrogens is 234 g/mol. The third kappa shape index (κ3) is 2.62. The van der Waals surface area contributed by atoms with Crippen molar-refractivity contribution in [3.05, 3.63) is 42.3 Å². The van der Waals surface area contributed by atoms with Crippen LogP contribution in [0.5, 0.6) is 0 Å². The number of hydrogen-bond donors (Lipinski definition) is 0. The fraction of sp³-hybridized carbons (Fsp3) is 0.353. The van der Waals surface area contributed by atoms with Gasteiger partial charge in [-0.15, -0.1) is 0 Å². The maximum Gasteiger partial charge on any atom is 0.134 e. The summed E-state index contributed by atoms with van der Waals surface area (Å²) in [5.74, 6) is 0. The number of fused-ring (bicyclic) bond motifs is 2. The van der Waals surface area contributed by atoms with Crippen molar-refractivity contribution in [1.29, 1.82) is 0 Å². The average Bonchev–Trinajstić information content (AvgIpc) is 2.88. The van der Waals surface area contributed by atoms with Crippen LogP contribution in [0.3, 0.4) is 0 Å². The van der Waals surface area contributed by atoms with Gasteiger partial charge in [-0.3, -0.25) is 4.98 Å². The van der Waals surface area contributed by atoms with Crippen LogP contribution >= 0.6 is 0 Å². The van der Waals surface area contributed by atoms with Gasteiger partial charge < -0.3 is 4.42 Å². The highest BCUT2D eigenvalue weighted by atomic mass is 16.3. The van der Waals surface area contributed by atoms with E-state index in [1.54, 1.807) is 6.26 Å². The lowest BCUT2D eigenvalue weighted by Gasteiger charge is -2.03. The highest BCUT2D eigenvalue weighted by Crippen LogP contribution is 2.23. The van der Waals surface area contributed by atoms with E-state index >= 15 is 0 Å². The Hall–Kier alpha value is -1.83. The molecule has 1 aromatic carbocycles. The van der Waals surface area contributed by atoms with Crippen molar-refractivity contribution in [1.82, 2.24) is 4.98 Å². The van der Waals surface area contributed by atoms with Gasteiger partial charge in [0.2, 0.25) is 0 Å². The first-order valence-electron chi connectivity index (χ1n) is 7.13. The molecular formula is C17H19NO. The topological polar surface area (TPSA) is 26.0 Å². The molecule has 3 rings (SSSR count). The molecule has 0 aliphatic rings. The molecule has 0 aliphatic heterocycles. The van der Waals surface area contributed by atoms with Crippen LogP contribution < -0.4 is 0 Å². The average molecular weight is 253 g/mol. The Kier molecular flexibility index (Phi) is 3.49. The molecule has 2 nitrogen and oxygen atoms in total.